The van der Waals surface area contributed by atoms with Crippen molar-refractivity contribution >= 4 is 39.2 Å². The summed E-state index contributed by atoms with van der Waals surface area (Å²) < 4.78 is 0.560. The topological polar surface area (TPSA) is 49.3 Å². The normalized spacial score (nSPS) is 9.86. The van der Waals surface area contributed by atoms with E-state index in [2.05, 4.69) is 21.2 Å². The lowest BCUT2D eigenvalue weighted by molar-refractivity contribution is 0.0697. The van der Waals surface area contributed by atoms with Crippen LogP contribution >= 0.6 is 27.5 Å². The highest BCUT2D eigenvalue weighted by atomic mass is 79.9. The van der Waals surface area contributed by atoms with Gasteiger partial charge in [-0.15, -0.1) is 11.6 Å². The SMILES string of the molecule is O=C(O)c1c(Br)cccc1NCCCl. The fourth-order valence-electron chi connectivity index (χ4n) is 1.07. The lowest BCUT2D eigenvalue weighted by atomic mass is 10.2. The molecule has 0 unspecified atom stereocenters. The third-order valence-corrected chi connectivity index (χ3v) is 2.49. The maximum Gasteiger partial charge on any atom is 0.338 e. The maximum absolute atomic E-state index is 10.9. The fourth-order valence-corrected chi connectivity index (χ4v) is 1.70. The van der Waals surface area contributed by atoms with Crippen LogP contribution in [0.2, 0.25) is 0 Å². The molecule has 0 amide bonds. The van der Waals surface area contributed by atoms with Crippen LogP contribution in [0.3, 0.4) is 0 Å². The van der Waals surface area contributed by atoms with Crippen molar-refractivity contribution in [1.82, 2.24) is 0 Å². The number of nitrogens with one attached hydrogen (secondary N) is 1. The van der Waals surface area contributed by atoms with E-state index in [0.717, 1.165) is 0 Å². The number of alkyl halides is 1. The largest absolute Gasteiger partial charge is 0.478 e. The lowest BCUT2D eigenvalue weighted by Gasteiger charge is -2.09. The number of rotatable bonds is 4. The molecule has 0 saturated carbocycles. The molecule has 0 fully saturated rings. The van der Waals surface area contributed by atoms with Gasteiger partial charge in [0.25, 0.3) is 0 Å². The van der Waals surface area contributed by atoms with Gasteiger partial charge in [-0.25, -0.2) is 4.79 Å². The Morgan fingerprint density at radius 3 is 2.86 bits per heavy atom. The summed E-state index contributed by atoms with van der Waals surface area (Å²) in [5, 5.41) is 11.9. The van der Waals surface area contributed by atoms with Crippen molar-refractivity contribution in [1.29, 1.82) is 0 Å². The number of carbonyl (C=O) groups is 1. The van der Waals surface area contributed by atoms with Crippen LogP contribution in [0, 0.1) is 0 Å². The molecule has 0 atom stereocenters. The van der Waals surface area contributed by atoms with Gasteiger partial charge in [-0.05, 0) is 28.1 Å². The summed E-state index contributed by atoms with van der Waals surface area (Å²) >= 11 is 8.69. The molecule has 0 aliphatic rings. The number of carboxylic acids is 1. The van der Waals surface area contributed by atoms with Crippen molar-refractivity contribution in [3.63, 3.8) is 0 Å². The number of aromatic carboxylic acids is 1. The van der Waals surface area contributed by atoms with Crippen LogP contribution in [0.5, 0.6) is 0 Å². The highest BCUT2D eigenvalue weighted by Crippen LogP contribution is 2.24. The van der Waals surface area contributed by atoms with E-state index in [9.17, 15) is 4.79 Å². The smallest absolute Gasteiger partial charge is 0.338 e. The van der Waals surface area contributed by atoms with Crippen molar-refractivity contribution in [2.24, 2.45) is 0 Å². The van der Waals surface area contributed by atoms with Gasteiger partial charge in [0.05, 0.1) is 5.56 Å². The Morgan fingerprint density at radius 2 is 2.29 bits per heavy atom. The summed E-state index contributed by atoms with van der Waals surface area (Å²) in [5.74, 6) is -0.527. The third-order valence-electron chi connectivity index (χ3n) is 1.64. The van der Waals surface area contributed by atoms with Crippen LogP contribution in [-0.2, 0) is 0 Å². The zero-order valence-corrected chi connectivity index (χ0v) is 9.60. The quantitative estimate of drug-likeness (QED) is 0.833. The molecular formula is C9H9BrClNO2. The molecule has 76 valence electrons. The van der Waals surface area contributed by atoms with Crippen LogP contribution in [0.1, 0.15) is 10.4 Å². The van der Waals surface area contributed by atoms with Gasteiger partial charge in [0.15, 0.2) is 0 Å². The lowest BCUT2D eigenvalue weighted by Crippen LogP contribution is -2.08. The van der Waals surface area contributed by atoms with Crippen LogP contribution < -0.4 is 5.32 Å². The van der Waals surface area contributed by atoms with Gasteiger partial charge >= 0.3 is 5.97 Å². The van der Waals surface area contributed by atoms with Gasteiger partial charge in [0, 0.05) is 22.6 Å². The second-order valence-electron chi connectivity index (χ2n) is 2.58. The molecule has 0 aliphatic heterocycles. The molecule has 0 bridgehead atoms. The van der Waals surface area contributed by atoms with Gasteiger partial charge in [0.1, 0.15) is 0 Å². The Labute approximate surface area is 95.2 Å². The molecule has 0 heterocycles. The van der Waals surface area contributed by atoms with Crippen molar-refractivity contribution in [2.45, 2.75) is 0 Å². The van der Waals surface area contributed by atoms with Crippen molar-refractivity contribution in [2.75, 3.05) is 17.7 Å². The molecule has 3 nitrogen and oxygen atoms in total. The third kappa shape index (κ3) is 2.62. The molecule has 2 N–H and O–H groups in total. The first kappa shape index (κ1) is 11.3. The average Bonchev–Trinajstić information content (AvgIpc) is 2.14. The fraction of sp³-hybridized carbons (Fsp3) is 0.222. The molecule has 1 aromatic rings. The Balaban J connectivity index is 3.02. The Hall–Kier alpha value is -0.740. The molecule has 0 radical (unpaired) electrons. The van der Waals surface area contributed by atoms with E-state index in [4.69, 9.17) is 16.7 Å². The van der Waals surface area contributed by atoms with Crippen molar-refractivity contribution in [3.05, 3.63) is 28.2 Å². The minimum Gasteiger partial charge on any atom is -0.478 e. The van der Waals surface area contributed by atoms with Gasteiger partial charge in [-0.3, -0.25) is 0 Å². The molecule has 0 spiro atoms. The monoisotopic (exact) mass is 277 g/mol. The van der Waals surface area contributed by atoms with Crippen LogP contribution in [0.4, 0.5) is 5.69 Å². The van der Waals surface area contributed by atoms with E-state index in [1.807, 2.05) is 0 Å². The first-order chi connectivity index (χ1) is 6.66. The molecule has 14 heavy (non-hydrogen) atoms. The highest BCUT2D eigenvalue weighted by molar-refractivity contribution is 9.10. The molecular weight excluding hydrogens is 269 g/mol. The number of hydrogen-bond acceptors (Lipinski definition) is 2. The molecule has 0 aromatic heterocycles. The number of benzene rings is 1. The average molecular weight is 279 g/mol. The van der Waals surface area contributed by atoms with Crippen LogP contribution in [-0.4, -0.2) is 23.5 Å². The van der Waals surface area contributed by atoms with Crippen LogP contribution in [0.25, 0.3) is 0 Å². The van der Waals surface area contributed by atoms with E-state index in [-0.39, 0.29) is 5.56 Å². The number of carboxylic acid groups (broad SMARTS) is 1. The summed E-state index contributed by atoms with van der Waals surface area (Å²) in [5.41, 5.74) is 0.810. The zero-order valence-electron chi connectivity index (χ0n) is 7.26. The van der Waals surface area contributed by atoms with Crippen LogP contribution in [0.15, 0.2) is 22.7 Å². The van der Waals surface area contributed by atoms with Gasteiger partial charge < -0.3 is 10.4 Å². The Bertz CT molecular complexity index is 344. The number of halogens is 2. The van der Waals surface area contributed by atoms with Crippen molar-refractivity contribution < 1.29 is 9.90 Å². The summed E-state index contributed by atoms with van der Waals surface area (Å²) in [6.45, 7) is 0.540. The van der Waals surface area contributed by atoms with Gasteiger partial charge in [0.2, 0.25) is 0 Å². The summed E-state index contributed by atoms with van der Waals surface area (Å²) in [7, 11) is 0. The minimum atomic E-state index is -0.963. The Morgan fingerprint density at radius 1 is 1.57 bits per heavy atom. The summed E-state index contributed by atoms with van der Waals surface area (Å²) in [6.07, 6.45) is 0. The standard InChI is InChI=1S/C9H9BrClNO2/c10-6-2-1-3-7(12-5-4-11)8(6)9(13)14/h1-3,12H,4-5H2,(H,13,14). The molecule has 1 aromatic carbocycles. The summed E-state index contributed by atoms with van der Waals surface area (Å²) in [6, 6.07) is 5.17. The second kappa shape index (κ2) is 5.22. The predicted octanol–water partition coefficient (Wildman–Crippen LogP) is 2.80. The maximum atomic E-state index is 10.9. The van der Waals surface area contributed by atoms with E-state index in [1.165, 1.54) is 0 Å². The predicted molar refractivity (Wildman–Crippen MR) is 60.3 cm³/mol. The van der Waals surface area contributed by atoms with Gasteiger partial charge in [-0.1, -0.05) is 6.07 Å². The van der Waals surface area contributed by atoms with E-state index in [1.54, 1.807) is 18.2 Å². The summed E-state index contributed by atoms with van der Waals surface area (Å²) in [4.78, 5) is 10.9. The van der Waals surface area contributed by atoms with E-state index >= 15 is 0 Å². The van der Waals surface area contributed by atoms with E-state index in [0.29, 0.717) is 22.6 Å². The molecule has 1 rings (SSSR count). The van der Waals surface area contributed by atoms with E-state index < -0.39 is 5.97 Å². The van der Waals surface area contributed by atoms with Gasteiger partial charge in [-0.2, -0.15) is 0 Å². The minimum absolute atomic E-state index is 0.234. The highest BCUT2D eigenvalue weighted by Gasteiger charge is 2.12. The van der Waals surface area contributed by atoms with Crippen molar-refractivity contribution in [3.8, 4) is 0 Å². The Kier molecular flexibility index (Phi) is 4.22. The second-order valence-corrected chi connectivity index (χ2v) is 3.82. The molecule has 0 aliphatic carbocycles. The first-order valence-electron chi connectivity index (χ1n) is 3.98. The molecule has 0 saturated heterocycles. The zero-order chi connectivity index (χ0) is 10.6. The number of anilines is 1. The molecule has 5 heteroatoms. The first-order valence-corrected chi connectivity index (χ1v) is 5.31. The number of hydrogen-bond donors (Lipinski definition) is 2.